The van der Waals surface area contributed by atoms with E-state index >= 15 is 0 Å². The fourth-order valence-corrected chi connectivity index (χ4v) is 2.92. The smallest absolute Gasteiger partial charge is 0.276 e. The van der Waals surface area contributed by atoms with Gasteiger partial charge in [0.05, 0.1) is 16.3 Å². The van der Waals surface area contributed by atoms with Crippen LogP contribution in [0.25, 0.3) is 10.6 Å². The minimum absolute atomic E-state index is 0.256. The Morgan fingerprint density at radius 3 is 2.67 bits per heavy atom. The van der Waals surface area contributed by atoms with E-state index in [1.165, 1.54) is 17.0 Å². The van der Waals surface area contributed by atoms with E-state index in [0.717, 1.165) is 16.1 Å². The van der Waals surface area contributed by atoms with Crippen LogP contribution in [0.3, 0.4) is 0 Å². The summed E-state index contributed by atoms with van der Waals surface area (Å²) in [6.45, 7) is 3.75. The SMILES string of the molecule is C/C(=N\NC(=O)c1cc(-c2ccc(C)s2)[nH]n1)c1ccc(F)cc1. The molecular weight excluding hydrogens is 327 g/mol. The number of hydrogen-bond acceptors (Lipinski definition) is 4. The highest BCUT2D eigenvalue weighted by Gasteiger charge is 2.12. The standard InChI is InChI=1S/C17H15FN4OS/c1-10-3-8-16(24-10)14-9-15(21-20-14)17(23)22-19-11(2)12-4-6-13(18)7-5-12/h3-9H,1-2H3,(H,20,21)(H,22,23)/b19-11+. The lowest BCUT2D eigenvalue weighted by molar-refractivity contribution is 0.0950. The van der Waals surface area contributed by atoms with Crippen LogP contribution in [0.1, 0.15) is 27.9 Å². The maximum Gasteiger partial charge on any atom is 0.291 e. The van der Waals surface area contributed by atoms with Gasteiger partial charge in [0.2, 0.25) is 0 Å². The normalized spacial score (nSPS) is 11.5. The van der Waals surface area contributed by atoms with E-state index in [1.54, 1.807) is 36.5 Å². The van der Waals surface area contributed by atoms with Gasteiger partial charge >= 0.3 is 0 Å². The molecule has 2 heterocycles. The zero-order valence-corrected chi connectivity index (χ0v) is 13.9. The molecule has 1 amide bonds. The molecule has 0 aliphatic heterocycles. The summed E-state index contributed by atoms with van der Waals surface area (Å²) < 4.78 is 12.9. The molecule has 3 aromatic rings. The highest BCUT2D eigenvalue weighted by Crippen LogP contribution is 2.26. The number of carbonyl (C=O) groups is 1. The number of carbonyl (C=O) groups excluding carboxylic acids is 1. The van der Waals surface area contributed by atoms with Gasteiger partial charge in [-0.15, -0.1) is 11.3 Å². The number of hydrogen-bond donors (Lipinski definition) is 2. The third-order valence-corrected chi connectivity index (χ3v) is 4.44. The molecule has 0 radical (unpaired) electrons. The first-order chi connectivity index (χ1) is 11.5. The maximum absolute atomic E-state index is 12.9. The molecule has 0 saturated carbocycles. The van der Waals surface area contributed by atoms with E-state index in [2.05, 4.69) is 20.7 Å². The zero-order chi connectivity index (χ0) is 17.1. The molecule has 2 aromatic heterocycles. The molecule has 1 aromatic carbocycles. The van der Waals surface area contributed by atoms with Crippen LogP contribution in [0, 0.1) is 12.7 Å². The summed E-state index contributed by atoms with van der Waals surface area (Å²) in [6, 6.07) is 11.6. The number of thiophene rings is 1. The summed E-state index contributed by atoms with van der Waals surface area (Å²) in [4.78, 5) is 14.3. The van der Waals surface area contributed by atoms with Crippen molar-refractivity contribution < 1.29 is 9.18 Å². The third kappa shape index (κ3) is 3.57. The van der Waals surface area contributed by atoms with Crippen molar-refractivity contribution in [1.82, 2.24) is 15.6 Å². The number of rotatable bonds is 4. The minimum Gasteiger partial charge on any atom is -0.276 e. The van der Waals surface area contributed by atoms with Gasteiger partial charge in [0, 0.05) is 4.88 Å². The van der Waals surface area contributed by atoms with Gasteiger partial charge in [-0.2, -0.15) is 10.2 Å². The molecule has 24 heavy (non-hydrogen) atoms. The van der Waals surface area contributed by atoms with Crippen LogP contribution in [-0.4, -0.2) is 21.8 Å². The lowest BCUT2D eigenvalue weighted by atomic mass is 10.1. The van der Waals surface area contributed by atoms with Crippen molar-refractivity contribution in [2.45, 2.75) is 13.8 Å². The van der Waals surface area contributed by atoms with Crippen molar-refractivity contribution in [3.05, 3.63) is 64.4 Å². The van der Waals surface area contributed by atoms with Crippen LogP contribution in [-0.2, 0) is 0 Å². The fraction of sp³-hybridized carbons (Fsp3) is 0.118. The van der Waals surface area contributed by atoms with Gasteiger partial charge in [-0.3, -0.25) is 9.89 Å². The van der Waals surface area contributed by atoms with Crippen LogP contribution in [0.5, 0.6) is 0 Å². The van der Waals surface area contributed by atoms with E-state index in [4.69, 9.17) is 0 Å². The Hall–Kier alpha value is -2.80. The van der Waals surface area contributed by atoms with Crippen molar-refractivity contribution >= 4 is 23.0 Å². The summed E-state index contributed by atoms with van der Waals surface area (Å²) in [6.07, 6.45) is 0. The summed E-state index contributed by atoms with van der Waals surface area (Å²) >= 11 is 1.62. The average molecular weight is 342 g/mol. The second-order valence-corrected chi connectivity index (χ2v) is 6.51. The molecule has 3 rings (SSSR count). The molecule has 0 aliphatic carbocycles. The minimum atomic E-state index is -0.410. The molecule has 0 aliphatic rings. The van der Waals surface area contributed by atoms with Crippen LogP contribution < -0.4 is 5.43 Å². The second kappa shape index (κ2) is 6.76. The number of nitrogens with one attached hydrogen (secondary N) is 2. The molecule has 5 nitrogen and oxygen atoms in total. The number of aryl methyl sites for hydroxylation is 1. The Morgan fingerprint density at radius 1 is 1.25 bits per heavy atom. The Balaban J connectivity index is 1.70. The highest BCUT2D eigenvalue weighted by molar-refractivity contribution is 7.15. The molecule has 0 atom stereocenters. The summed E-state index contributed by atoms with van der Waals surface area (Å²) in [5.74, 6) is -0.726. The van der Waals surface area contributed by atoms with Gasteiger partial charge in [0.25, 0.3) is 5.91 Å². The number of benzene rings is 1. The first-order valence-electron chi connectivity index (χ1n) is 7.26. The fourth-order valence-electron chi connectivity index (χ4n) is 2.09. The van der Waals surface area contributed by atoms with E-state index < -0.39 is 5.91 Å². The van der Waals surface area contributed by atoms with E-state index in [0.29, 0.717) is 5.71 Å². The van der Waals surface area contributed by atoms with Crippen molar-refractivity contribution in [2.75, 3.05) is 0 Å². The molecule has 0 unspecified atom stereocenters. The van der Waals surface area contributed by atoms with Crippen molar-refractivity contribution in [3.63, 3.8) is 0 Å². The summed E-state index contributed by atoms with van der Waals surface area (Å²) in [5.41, 5.74) is 4.81. The lowest BCUT2D eigenvalue weighted by Gasteiger charge is -2.01. The maximum atomic E-state index is 12.9. The van der Waals surface area contributed by atoms with Crippen LogP contribution in [0.2, 0.25) is 0 Å². The van der Waals surface area contributed by atoms with E-state index in [-0.39, 0.29) is 11.5 Å². The molecule has 122 valence electrons. The van der Waals surface area contributed by atoms with Crippen LogP contribution in [0.15, 0.2) is 47.6 Å². The van der Waals surface area contributed by atoms with E-state index in [9.17, 15) is 9.18 Å². The van der Waals surface area contributed by atoms with Crippen molar-refractivity contribution in [2.24, 2.45) is 5.10 Å². The molecule has 0 saturated heterocycles. The number of hydrazone groups is 1. The Kier molecular flexibility index (Phi) is 4.52. The predicted molar refractivity (Wildman–Crippen MR) is 92.7 cm³/mol. The second-order valence-electron chi connectivity index (χ2n) is 5.22. The molecule has 0 spiro atoms. The molecule has 7 heteroatoms. The Morgan fingerprint density at radius 2 is 2.00 bits per heavy atom. The average Bonchev–Trinajstić information content (AvgIpc) is 3.22. The summed E-state index contributed by atoms with van der Waals surface area (Å²) in [5, 5.41) is 10.9. The number of H-pyrrole nitrogens is 1. The number of amides is 1. The van der Waals surface area contributed by atoms with Gasteiger partial charge in [-0.05, 0) is 49.7 Å². The largest absolute Gasteiger partial charge is 0.291 e. The van der Waals surface area contributed by atoms with Gasteiger partial charge in [0.15, 0.2) is 5.69 Å². The highest BCUT2D eigenvalue weighted by atomic mass is 32.1. The van der Waals surface area contributed by atoms with E-state index in [1.807, 2.05) is 19.1 Å². The number of aromatic amines is 1. The molecule has 2 N–H and O–H groups in total. The van der Waals surface area contributed by atoms with Crippen molar-refractivity contribution in [1.29, 1.82) is 0 Å². The zero-order valence-electron chi connectivity index (χ0n) is 13.1. The Bertz CT molecular complexity index is 895. The van der Waals surface area contributed by atoms with Gasteiger partial charge in [-0.25, -0.2) is 9.82 Å². The third-order valence-electron chi connectivity index (χ3n) is 3.40. The van der Waals surface area contributed by atoms with Gasteiger partial charge < -0.3 is 0 Å². The topological polar surface area (TPSA) is 70.1 Å². The van der Waals surface area contributed by atoms with Gasteiger partial charge in [-0.1, -0.05) is 12.1 Å². The predicted octanol–water partition coefficient (Wildman–Crippen LogP) is 3.74. The first kappa shape index (κ1) is 16.1. The summed E-state index contributed by atoms with van der Waals surface area (Å²) in [7, 11) is 0. The van der Waals surface area contributed by atoms with Crippen LogP contribution >= 0.6 is 11.3 Å². The number of halogens is 1. The van der Waals surface area contributed by atoms with Crippen molar-refractivity contribution in [3.8, 4) is 10.6 Å². The number of aromatic nitrogens is 2. The molecule has 0 fully saturated rings. The first-order valence-corrected chi connectivity index (χ1v) is 8.07. The number of nitrogens with zero attached hydrogens (tertiary/aromatic N) is 2. The quantitative estimate of drug-likeness (QED) is 0.560. The monoisotopic (exact) mass is 342 g/mol. The molecule has 0 bridgehead atoms. The molecular formula is C17H15FN4OS. The van der Waals surface area contributed by atoms with Gasteiger partial charge in [0.1, 0.15) is 5.82 Å². The Labute approximate surface area is 142 Å². The lowest BCUT2D eigenvalue weighted by Crippen LogP contribution is -2.19. The van der Waals surface area contributed by atoms with Crippen LogP contribution in [0.4, 0.5) is 4.39 Å².